The van der Waals surface area contributed by atoms with E-state index in [-0.39, 0.29) is 11.8 Å². The number of pyridine rings is 1. The lowest BCUT2D eigenvalue weighted by Gasteiger charge is -2.33. The molecule has 2 amide bonds. The van der Waals surface area contributed by atoms with Crippen molar-refractivity contribution in [3.63, 3.8) is 0 Å². The highest BCUT2D eigenvalue weighted by molar-refractivity contribution is 6.21. The van der Waals surface area contributed by atoms with E-state index in [1.165, 1.54) is 4.90 Å². The minimum absolute atomic E-state index is 0.187. The molecule has 1 aromatic carbocycles. The summed E-state index contributed by atoms with van der Waals surface area (Å²) in [5.41, 5.74) is 1.02. The second-order valence-electron chi connectivity index (χ2n) is 8.11. The van der Waals surface area contributed by atoms with Crippen molar-refractivity contribution >= 4 is 23.6 Å². The van der Waals surface area contributed by atoms with Gasteiger partial charge in [-0.25, -0.2) is 4.98 Å². The first-order valence-corrected chi connectivity index (χ1v) is 11.3. The van der Waals surface area contributed by atoms with Crippen molar-refractivity contribution in [2.24, 2.45) is 4.99 Å². The fourth-order valence-electron chi connectivity index (χ4n) is 4.23. The van der Waals surface area contributed by atoms with E-state index in [0.717, 1.165) is 57.1 Å². The molecule has 2 aromatic rings. The van der Waals surface area contributed by atoms with Gasteiger partial charge in [-0.05, 0) is 49.9 Å². The van der Waals surface area contributed by atoms with Gasteiger partial charge >= 0.3 is 0 Å². The second-order valence-corrected chi connectivity index (χ2v) is 8.11. The summed E-state index contributed by atoms with van der Waals surface area (Å²) in [6.45, 7) is 3.10. The SMILES string of the molecule is CN=C(NCCCCN1C(=O)c2ccccc2C1=O)NC1CCN(c2ccccn2)CC1. The van der Waals surface area contributed by atoms with Crippen molar-refractivity contribution in [1.29, 1.82) is 0 Å². The fraction of sp³-hybridized carbons (Fsp3) is 0.417. The normalized spacial score (nSPS) is 17.0. The van der Waals surface area contributed by atoms with Crippen LogP contribution in [0.4, 0.5) is 5.82 Å². The lowest BCUT2D eigenvalue weighted by atomic mass is 10.1. The quantitative estimate of drug-likeness (QED) is 0.301. The zero-order valence-electron chi connectivity index (χ0n) is 18.5. The maximum atomic E-state index is 12.4. The van der Waals surface area contributed by atoms with E-state index in [1.54, 1.807) is 31.3 Å². The van der Waals surface area contributed by atoms with Crippen LogP contribution in [0.2, 0.25) is 0 Å². The molecule has 1 fully saturated rings. The lowest BCUT2D eigenvalue weighted by Crippen LogP contribution is -2.49. The maximum absolute atomic E-state index is 12.4. The summed E-state index contributed by atoms with van der Waals surface area (Å²) in [6, 6.07) is 13.4. The van der Waals surface area contributed by atoms with E-state index in [1.807, 2.05) is 18.3 Å². The monoisotopic (exact) mass is 434 g/mol. The predicted octanol–water partition coefficient (Wildman–Crippen LogP) is 2.29. The summed E-state index contributed by atoms with van der Waals surface area (Å²) < 4.78 is 0. The van der Waals surface area contributed by atoms with Crippen LogP contribution in [0.15, 0.2) is 53.7 Å². The Labute approximate surface area is 188 Å². The van der Waals surface area contributed by atoms with Gasteiger partial charge in [-0.15, -0.1) is 0 Å². The number of imide groups is 1. The third-order valence-corrected chi connectivity index (χ3v) is 6.01. The first kappa shape index (κ1) is 21.8. The molecule has 32 heavy (non-hydrogen) atoms. The van der Waals surface area contributed by atoms with Crippen LogP contribution in [0.1, 0.15) is 46.4 Å². The van der Waals surface area contributed by atoms with Gasteiger partial charge < -0.3 is 15.5 Å². The Hall–Kier alpha value is -3.42. The Bertz CT molecular complexity index is 934. The molecule has 1 saturated heterocycles. The minimum atomic E-state index is -0.187. The molecule has 8 heteroatoms. The molecule has 2 aliphatic rings. The van der Waals surface area contributed by atoms with E-state index in [9.17, 15) is 9.59 Å². The molecule has 3 heterocycles. The van der Waals surface area contributed by atoms with Crippen LogP contribution in [-0.4, -0.2) is 66.9 Å². The molecule has 1 aromatic heterocycles. The summed E-state index contributed by atoms with van der Waals surface area (Å²) in [5.74, 6) is 1.45. The number of fused-ring (bicyclic) bond motifs is 1. The number of piperidine rings is 1. The number of amides is 2. The Kier molecular flexibility index (Phi) is 6.99. The van der Waals surface area contributed by atoms with Crippen LogP contribution in [0.3, 0.4) is 0 Å². The number of aromatic nitrogens is 1. The van der Waals surface area contributed by atoms with Gasteiger partial charge in [0, 0.05) is 45.5 Å². The van der Waals surface area contributed by atoms with Crippen LogP contribution < -0.4 is 15.5 Å². The molecule has 8 nitrogen and oxygen atoms in total. The average molecular weight is 435 g/mol. The molecular weight excluding hydrogens is 404 g/mol. The van der Waals surface area contributed by atoms with Crippen LogP contribution in [0.25, 0.3) is 0 Å². The number of aliphatic imine (C=N–C) groups is 1. The van der Waals surface area contributed by atoms with Gasteiger partial charge in [0.25, 0.3) is 11.8 Å². The van der Waals surface area contributed by atoms with Gasteiger partial charge in [-0.1, -0.05) is 18.2 Å². The summed E-state index contributed by atoms with van der Waals surface area (Å²) >= 11 is 0. The molecule has 2 aliphatic heterocycles. The third kappa shape index (κ3) is 4.90. The van der Waals surface area contributed by atoms with Crippen LogP contribution in [0.5, 0.6) is 0 Å². The molecule has 0 bridgehead atoms. The number of rotatable bonds is 7. The van der Waals surface area contributed by atoms with Crippen molar-refractivity contribution in [3.8, 4) is 0 Å². The first-order valence-electron chi connectivity index (χ1n) is 11.3. The highest BCUT2D eigenvalue weighted by Gasteiger charge is 2.34. The zero-order chi connectivity index (χ0) is 22.3. The van der Waals surface area contributed by atoms with E-state index >= 15 is 0 Å². The number of anilines is 1. The number of guanidine groups is 1. The van der Waals surface area contributed by atoms with Crippen molar-refractivity contribution in [3.05, 3.63) is 59.8 Å². The van der Waals surface area contributed by atoms with Gasteiger partial charge in [0.2, 0.25) is 0 Å². The van der Waals surface area contributed by atoms with E-state index in [0.29, 0.717) is 23.7 Å². The van der Waals surface area contributed by atoms with Crippen LogP contribution >= 0.6 is 0 Å². The largest absolute Gasteiger partial charge is 0.356 e. The number of unbranched alkanes of at least 4 members (excludes halogenated alkanes) is 1. The third-order valence-electron chi connectivity index (χ3n) is 6.01. The van der Waals surface area contributed by atoms with Gasteiger partial charge in [0.1, 0.15) is 5.82 Å². The van der Waals surface area contributed by atoms with Gasteiger partial charge in [0.05, 0.1) is 11.1 Å². The van der Waals surface area contributed by atoms with Crippen molar-refractivity contribution in [2.75, 3.05) is 38.1 Å². The molecule has 168 valence electrons. The lowest BCUT2D eigenvalue weighted by molar-refractivity contribution is 0.0652. The number of nitrogens with one attached hydrogen (secondary N) is 2. The summed E-state index contributed by atoms with van der Waals surface area (Å²) in [7, 11) is 1.77. The predicted molar refractivity (Wildman–Crippen MR) is 125 cm³/mol. The molecular formula is C24H30N6O2. The van der Waals surface area contributed by atoms with Crippen LogP contribution in [0, 0.1) is 0 Å². The molecule has 4 rings (SSSR count). The minimum Gasteiger partial charge on any atom is -0.356 e. The highest BCUT2D eigenvalue weighted by atomic mass is 16.2. The summed E-state index contributed by atoms with van der Waals surface area (Å²) in [5, 5.41) is 6.86. The molecule has 0 saturated carbocycles. The van der Waals surface area contributed by atoms with Crippen molar-refractivity contribution < 1.29 is 9.59 Å². The Morgan fingerprint density at radius 2 is 1.72 bits per heavy atom. The van der Waals surface area contributed by atoms with Crippen LogP contribution in [-0.2, 0) is 0 Å². The average Bonchev–Trinajstić information content (AvgIpc) is 3.09. The van der Waals surface area contributed by atoms with Crippen molar-refractivity contribution in [2.45, 2.75) is 31.7 Å². The standard InChI is InChI=1S/C24H30N6O2/c1-25-24(28-18-11-16-29(17-12-18)21-10-4-5-13-26-21)27-14-6-7-15-30-22(31)19-8-2-3-9-20(19)23(30)32/h2-5,8-10,13,18H,6-7,11-12,14-17H2,1H3,(H2,25,27,28). The fourth-order valence-corrected chi connectivity index (χ4v) is 4.23. The van der Waals surface area contributed by atoms with Gasteiger partial charge in [-0.2, -0.15) is 0 Å². The number of benzene rings is 1. The maximum Gasteiger partial charge on any atom is 0.261 e. The Morgan fingerprint density at radius 3 is 2.34 bits per heavy atom. The van der Waals surface area contributed by atoms with Crippen molar-refractivity contribution in [1.82, 2.24) is 20.5 Å². The summed E-state index contributed by atoms with van der Waals surface area (Å²) in [4.78, 5) is 37.3. The number of hydrogen-bond donors (Lipinski definition) is 2. The van der Waals surface area contributed by atoms with Gasteiger partial charge in [-0.3, -0.25) is 19.5 Å². The first-order chi connectivity index (χ1) is 15.7. The number of carbonyl (C=O) groups is 2. The molecule has 0 radical (unpaired) electrons. The highest BCUT2D eigenvalue weighted by Crippen LogP contribution is 2.22. The Balaban J connectivity index is 1.15. The molecule has 0 unspecified atom stereocenters. The van der Waals surface area contributed by atoms with Gasteiger partial charge in [0.15, 0.2) is 5.96 Å². The van der Waals surface area contributed by atoms with E-state index in [2.05, 4.69) is 31.6 Å². The summed E-state index contributed by atoms with van der Waals surface area (Å²) in [6.07, 6.45) is 5.47. The molecule has 0 aliphatic carbocycles. The number of hydrogen-bond acceptors (Lipinski definition) is 5. The Morgan fingerprint density at radius 1 is 1.03 bits per heavy atom. The smallest absolute Gasteiger partial charge is 0.261 e. The molecule has 0 spiro atoms. The van der Waals surface area contributed by atoms with E-state index < -0.39 is 0 Å². The molecule has 0 atom stereocenters. The number of carbonyl (C=O) groups excluding carboxylic acids is 2. The zero-order valence-corrected chi connectivity index (χ0v) is 18.5. The van der Waals surface area contributed by atoms with E-state index in [4.69, 9.17) is 0 Å². The second kappa shape index (κ2) is 10.3. The number of nitrogens with zero attached hydrogens (tertiary/aromatic N) is 4. The topological polar surface area (TPSA) is 89.9 Å². The molecule has 2 N–H and O–H groups in total.